The van der Waals surface area contributed by atoms with Crippen molar-refractivity contribution in [3.8, 4) is 0 Å². The average molecular weight is 392 g/mol. The molecule has 22 heavy (non-hydrogen) atoms. The predicted octanol–water partition coefficient (Wildman–Crippen LogP) is 1.98. The highest BCUT2D eigenvalue weighted by molar-refractivity contribution is 9.10. The zero-order valence-electron chi connectivity index (χ0n) is 12.3. The second-order valence-corrected chi connectivity index (χ2v) is 8.64. The Hall–Kier alpha value is -1.41. The van der Waals surface area contributed by atoms with E-state index in [1.807, 2.05) is 0 Å². The molecule has 1 aromatic carbocycles. The summed E-state index contributed by atoms with van der Waals surface area (Å²) in [5, 5.41) is 11.0. The number of aliphatic carboxylic acids is 1. The molecule has 6 nitrogen and oxygen atoms in total. The Balaban J connectivity index is 2.84. The van der Waals surface area contributed by atoms with Gasteiger partial charge in [0.05, 0.1) is 4.90 Å². The van der Waals surface area contributed by atoms with Crippen LogP contribution in [0.3, 0.4) is 0 Å². The summed E-state index contributed by atoms with van der Waals surface area (Å²) >= 11 is 3.22. The average Bonchev–Trinajstić information content (AvgIpc) is 2.43. The molecular weight excluding hydrogens is 374 g/mol. The summed E-state index contributed by atoms with van der Waals surface area (Å²) in [5.41, 5.74) is 0. The lowest BCUT2D eigenvalue weighted by atomic mass is 10.2. The summed E-state index contributed by atoms with van der Waals surface area (Å²) < 4.78 is 24.2. The molecule has 0 atom stereocenters. The van der Waals surface area contributed by atoms with E-state index in [-0.39, 0.29) is 24.3 Å². The van der Waals surface area contributed by atoms with Gasteiger partial charge in [0.15, 0.2) is 9.84 Å². The fraction of sp³-hybridized carbons (Fsp3) is 0.429. The van der Waals surface area contributed by atoms with Gasteiger partial charge in [-0.25, -0.2) is 8.42 Å². The number of hydrogen-bond donors (Lipinski definition) is 2. The first-order valence-corrected chi connectivity index (χ1v) is 8.87. The Morgan fingerprint density at radius 3 is 2.27 bits per heavy atom. The van der Waals surface area contributed by atoms with Crippen LogP contribution in [0.5, 0.6) is 0 Å². The first kappa shape index (κ1) is 18.6. The number of carboxylic acid groups (broad SMARTS) is 1. The molecule has 0 saturated carbocycles. The molecular formula is C14H18BrNO5S. The quantitative estimate of drug-likeness (QED) is 0.692. The van der Waals surface area contributed by atoms with E-state index in [4.69, 9.17) is 5.11 Å². The van der Waals surface area contributed by atoms with E-state index in [9.17, 15) is 18.0 Å². The minimum Gasteiger partial charge on any atom is -0.481 e. The Morgan fingerprint density at radius 2 is 1.77 bits per heavy atom. The zero-order chi connectivity index (χ0) is 17.0. The van der Waals surface area contributed by atoms with Crippen LogP contribution in [0.2, 0.25) is 0 Å². The number of rotatable bonds is 7. The van der Waals surface area contributed by atoms with E-state index in [2.05, 4.69) is 21.2 Å². The molecule has 0 fully saturated rings. The Labute approximate surface area is 138 Å². The molecule has 0 aromatic heterocycles. The fourth-order valence-corrected chi connectivity index (χ4v) is 3.35. The second-order valence-electron chi connectivity index (χ2n) is 5.22. The van der Waals surface area contributed by atoms with Crippen molar-refractivity contribution >= 4 is 37.6 Å². The third kappa shape index (κ3) is 4.30. The standard InChI is InChI=1S/C14H18BrNO5S/c1-14(2,13(19)16-9-3-4-12(17)18)22(20,21)11-7-5-10(15)6-8-11/h5-8H,3-4,9H2,1-2H3,(H,16,19)(H,17,18). The zero-order valence-corrected chi connectivity index (χ0v) is 14.7. The maximum absolute atomic E-state index is 12.6. The third-order valence-corrected chi connectivity index (χ3v) is 6.15. The van der Waals surface area contributed by atoms with Crippen LogP contribution in [0.4, 0.5) is 0 Å². The van der Waals surface area contributed by atoms with E-state index in [1.165, 1.54) is 26.0 Å². The third-order valence-electron chi connectivity index (χ3n) is 3.20. The number of hydrogen-bond acceptors (Lipinski definition) is 4. The van der Waals surface area contributed by atoms with E-state index in [1.54, 1.807) is 12.1 Å². The van der Waals surface area contributed by atoms with Gasteiger partial charge < -0.3 is 10.4 Å². The number of carbonyl (C=O) groups excluding carboxylic acids is 1. The number of carbonyl (C=O) groups is 2. The van der Waals surface area contributed by atoms with Gasteiger partial charge in [-0.2, -0.15) is 0 Å². The molecule has 122 valence electrons. The van der Waals surface area contributed by atoms with Crippen LogP contribution >= 0.6 is 15.9 Å². The maximum Gasteiger partial charge on any atom is 0.303 e. The van der Waals surface area contributed by atoms with Gasteiger partial charge in [-0.15, -0.1) is 0 Å². The molecule has 0 saturated heterocycles. The van der Waals surface area contributed by atoms with Crippen molar-refractivity contribution in [1.82, 2.24) is 5.32 Å². The van der Waals surface area contributed by atoms with Gasteiger partial charge >= 0.3 is 5.97 Å². The number of sulfone groups is 1. The van der Waals surface area contributed by atoms with Crippen LogP contribution in [-0.4, -0.2) is 36.7 Å². The molecule has 2 N–H and O–H groups in total. The van der Waals surface area contributed by atoms with Gasteiger partial charge in [0, 0.05) is 17.4 Å². The number of halogens is 1. The summed E-state index contributed by atoms with van der Waals surface area (Å²) in [7, 11) is -3.86. The molecule has 0 aliphatic rings. The van der Waals surface area contributed by atoms with Gasteiger partial charge in [0.1, 0.15) is 4.75 Å². The molecule has 1 amide bonds. The molecule has 0 radical (unpaired) electrons. The summed E-state index contributed by atoms with van der Waals surface area (Å²) in [6.45, 7) is 2.78. The number of carboxylic acids is 1. The first-order chi connectivity index (χ1) is 10.1. The van der Waals surface area contributed by atoms with E-state index in [0.29, 0.717) is 0 Å². The lowest BCUT2D eigenvalue weighted by Crippen LogP contribution is -2.48. The summed E-state index contributed by atoms with van der Waals surface area (Å²) in [6, 6.07) is 6.04. The second kappa shape index (κ2) is 7.23. The van der Waals surface area contributed by atoms with Crippen molar-refractivity contribution in [3.63, 3.8) is 0 Å². The van der Waals surface area contributed by atoms with Crippen molar-refractivity contribution in [2.45, 2.75) is 36.3 Å². The van der Waals surface area contributed by atoms with Crippen molar-refractivity contribution in [2.24, 2.45) is 0 Å². The van der Waals surface area contributed by atoms with Crippen molar-refractivity contribution < 1.29 is 23.1 Å². The van der Waals surface area contributed by atoms with Gasteiger partial charge in [-0.05, 0) is 44.5 Å². The van der Waals surface area contributed by atoms with Gasteiger partial charge in [0.25, 0.3) is 0 Å². The van der Waals surface area contributed by atoms with Gasteiger partial charge in [-0.1, -0.05) is 15.9 Å². The molecule has 0 bridgehead atoms. The highest BCUT2D eigenvalue weighted by atomic mass is 79.9. The van der Waals surface area contributed by atoms with Crippen molar-refractivity contribution in [2.75, 3.05) is 6.54 Å². The lowest BCUT2D eigenvalue weighted by molar-refractivity contribution is -0.137. The van der Waals surface area contributed by atoms with Crippen LogP contribution in [0, 0.1) is 0 Å². The lowest BCUT2D eigenvalue weighted by Gasteiger charge is -2.24. The largest absolute Gasteiger partial charge is 0.481 e. The topological polar surface area (TPSA) is 101 Å². The van der Waals surface area contributed by atoms with Crippen molar-refractivity contribution in [1.29, 1.82) is 0 Å². The Morgan fingerprint density at radius 1 is 1.23 bits per heavy atom. The summed E-state index contributed by atoms with van der Waals surface area (Å²) in [5.74, 6) is -1.61. The van der Waals surface area contributed by atoms with E-state index >= 15 is 0 Å². The molecule has 1 aromatic rings. The minimum absolute atomic E-state index is 0.0568. The Bertz CT molecular complexity index is 652. The normalized spacial score (nSPS) is 12.0. The number of benzene rings is 1. The molecule has 0 aliphatic carbocycles. The molecule has 0 spiro atoms. The fourth-order valence-electron chi connectivity index (χ4n) is 1.68. The smallest absolute Gasteiger partial charge is 0.303 e. The summed E-state index contributed by atoms with van der Waals surface area (Å²) in [6.07, 6.45) is 0.162. The van der Waals surface area contributed by atoms with Crippen LogP contribution in [0.1, 0.15) is 26.7 Å². The minimum atomic E-state index is -3.86. The molecule has 8 heteroatoms. The predicted molar refractivity (Wildman–Crippen MR) is 85.3 cm³/mol. The molecule has 0 heterocycles. The van der Waals surface area contributed by atoms with Gasteiger partial charge in [0.2, 0.25) is 5.91 Å². The van der Waals surface area contributed by atoms with Crippen LogP contribution in [0.25, 0.3) is 0 Å². The van der Waals surface area contributed by atoms with Crippen LogP contribution in [0.15, 0.2) is 33.6 Å². The molecule has 1 rings (SSSR count). The first-order valence-electron chi connectivity index (χ1n) is 6.59. The van der Waals surface area contributed by atoms with Gasteiger partial charge in [-0.3, -0.25) is 9.59 Å². The molecule has 0 unspecified atom stereocenters. The maximum atomic E-state index is 12.6. The number of amides is 1. The van der Waals surface area contributed by atoms with E-state index < -0.39 is 26.5 Å². The highest BCUT2D eigenvalue weighted by Gasteiger charge is 2.42. The monoisotopic (exact) mass is 391 g/mol. The van der Waals surface area contributed by atoms with Crippen LogP contribution < -0.4 is 5.32 Å². The summed E-state index contributed by atoms with van der Waals surface area (Å²) in [4.78, 5) is 22.6. The SMILES string of the molecule is CC(C)(C(=O)NCCCC(=O)O)S(=O)(=O)c1ccc(Br)cc1. The van der Waals surface area contributed by atoms with E-state index in [0.717, 1.165) is 4.47 Å². The number of nitrogens with one attached hydrogen (secondary N) is 1. The highest BCUT2D eigenvalue weighted by Crippen LogP contribution is 2.26. The van der Waals surface area contributed by atoms with Crippen LogP contribution in [-0.2, 0) is 19.4 Å². The van der Waals surface area contributed by atoms with Crippen molar-refractivity contribution in [3.05, 3.63) is 28.7 Å². The Kier molecular flexibility index (Phi) is 6.13. The molecule has 0 aliphatic heterocycles.